The highest BCUT2D eigenvalue weighted by molar-refractivity contribution is 5.01. The Morgan fingerprint density at radius 2 is 2.60 bits per heavy atom. The molecule has 4 nitrogen and oxygen atoms in total. The fraction of sp³-hybridized carbons (Fsp3) is 0.727. The van der Waals surface area contributed by atoms with E-state index in [9.17, 15) is 5.11 Å². The molecule has 0 aromatic carbocycles. The van der Waals surface area contributed by atoms with Crippen LogP contribution in [0.3, 0.4) is 0 Å². The molecule has 84 valence electrons. The third-order valence-electron chi connectivity index (χ3n) is 3.07. The summed E-state index contributed by atoms with van der Waals surface area (Å²) in [6.07, 6.45) is 4.63. The Morgan fingerprint density at radius 1 is 1.73 bits per heavy atom. The summed E-state index contributed by atoms with van der Waals surface area (Å²) in [6.45, 7) is 2.03. The molecule has 1 aromatic heterocycles. The molecule has 0 amide bonds. The lowest BCUT2D eigenvalue weighted by molar-refractivity contribution is 0.0912. The maximum atomic E-state index is 10.0. The van der Waals surface area contributed by atoms with Gasteiger partial charge in [-0.1, -0.05) is 0 Å². The van der Waals surface area contributed by atoms with Gasteiger partial charge in [-0.25, -0.2) is 0 Å². The first kappa shape index (κ1) is 10.6. The van der Waals surface area contributed by atoms with Crippen molar-refractivity contribution in [2.24, 2.45) is 13.0 Å². The monoisotopic (exact) mass is 209 g/mol. The summed E-state index contributed by atoms with van der Waals surface area (Å²) in [6, 6.07) is 1.97. The Bertz CT molecular complexity index is 305. The minimum Gasteiger partial charge on any atom is -0.392 e. The van der Waals surface area contributed by atoms with Crippen molar-refractivity contribution in [2.75, 3.05) is 13.1 Å². The van der Waals surface area contributed by atoms with Crippen molar-refractivity contribution >= 4 is 0 Å². The number of nitrogens with zero attached hydrogens (tertiary/aromatic N) is 2. The zero-order chi connectivity index (χ0) is 10.7. The number of rotatable bonds is 3. The van der Waals surface area contributed by atoms with E-state index in [1.54, 1.807) is 4.68 Å². The predicted molar refractivity (Wildman–Crippen MR) is 58.5 cm³/mol. The lowest BCUT2D eigenvalue weighted by Gasteiger charge is -2.26. The van der Waals surface area contributed by atoms with Crippen molar-refractivity contribution in [1.29, 1.82) is 0 Å². The van der Waals surface area contributed by atoms with Crippen LogP contribution < -0.4 is 5.32 Å². The number of piperidine rings is 1. The molecule has 4 heteroatoms. The van der Waals surface area contributed by atoms with Crippen LogP contribution in [-0.4, -0.2) is 34.1 Å². The third-order valence-corrected chi connectivity index (χ3v) is 3.07. The summed E-state index contributed by atoms with van der Waals surface area (Å²) in [5.74, 6) is 0.390. The third kappa shape index (κ3) is 2.79. The van der Waals surface area contributed by atoms with Crippen molar-refractivity contribution in [3.05, 3.63) is 18.0 Å². The predicted octanol–water partition coefficient (Wildman–Crippen LogP) is 0.323. The van der Waals surface area contributed by atoms with Crippen LogP contribution >= 0.6 is 0 Å². The van der Waals surface area contributed by atoms with Crippen LogP contribution in [0.25, 0.3) is 0 Å². The minimum absolute atomic E-state index is 0.257. The van der Waals surface area contributed by atoms with E-state index in [0.29, 0.717) is 12.3 Å². The Balaban J connectivity index is 1.88. The van der Waals surface area contributed by atoms with E-state index in [4.69, 9.17) is 0 Å². The smallest absolute Gasteiger partial charge is 0.0650 e. The summed E-state index contributed by atoms with van der Waals surface area (Å²) in [5.41, 5.74) is 0.982. The van der Waals surface area contributed by atoms with E-state index in [2.05, 4.69) is 10.4 Å². The van der Waals surface area contributed by atoms with Gasteiger partial charge in [-0.2, -0.15) is 5.10 Å². The van der Waals surface area contributed by atoms with Crippen LogP contribution in [0.2, 0.25) is 0 Å². The Kier molecular flexibility index (Phi) is 3.38. The number of aliphatic hydroxyl groups excluding tert-OH is 1. The molecule has 0 aliphatic carbocycles. The van der Waals surface area contributed by atoms with Crippen molar-refractivity contribution in [2.45, 2.75) is 25.4 Å². The lowest BCUT2D eigenvalue weighted by atomic mass is 9.91. The molecule has 2 N–H and O–H groups in total. The standard InChI is InChI=1S/C11H19N3O/c1-14-6-4-10(13-14)7-11(15)9-3-2-5-12-8-9/h4,6,9,11-12,15H,2-3,5,7-8H2,1H3. The average Bonchev–Trinajstić information content (AvgIpc) is 2.65. The van der Waals surface area contributed by atoms with Crippen molar-refractivity contribution in [1.82, 2.24) is 15.1 Å². The molecule has 0 radical (unpaired) electrons. The first-order chi connectivity index (χ1) is 7.25. The second-order valence-corrected chi connectivity index (χ2v) is 4.36. The second kappa shape index (κ2) is 4.77. The second-order valence-electron chi connectivity index (χ2n) is 4.36. The number of aromatic nitrogens is 2. The van der Waals surface area contributed by atoms with Crippen LogP contribution in [0, 0.1) is 5.92 Å². The summed E-state index contributed by atoms with van der Waals surface area (Å²) >= 11 is 0. The highest BCUT2D eigenvalue weighted by atomic mass is 16.3. The van der Waals surface area contributed by atoms with Gasteiger partial charge in [0, 0.05) is 26.2 Å². The Labute approximate surface area is 90.3 Å². The largest absolute Gasteiger partial charge is 0.392 e. The molecular formula is C11H19N3O. The van der Waals surface area contributed by atoms with Gasteiger partial charge < -0.3 is 10.4 Å². The maximum Gasteiger partial charge on any atom is 0.0650 e. The molecule has 1 fully saturated rings. The SMILES string of the molecule is Cn1ccc(CC(O)C2CCCNC2)n1. The summed E-state index contributed by atoms with van der Waals surface area (Å²) < 4.78 is 1.78. The van der Waals surface area contributed by atoms with E-state index >= 15 is 0 Å². The van der Waals surface area contributed by atoms with Crippen molar-refractivity contribution in [3.63, 3.8) is 0 Å². The summed E-state index contributed by atoms with van der Waals surface area (Å²) in [5, 5.41) is 17.7. The number of nitrogens with one attached hydrogen (secondary N) is 1. The molecule has 2 unspecified atom stereocenters. The summed E-state index contributed by atoms with van der Waals surface area (Å²) in [7, 11) is 1.90. The fourth-order valence-electron chi connectivity index (χ4n) is 2.16. The van der Waals surface area contributed by atoms with Gasteiger partial charge >= 0.3 is 0 Å². The van der Waals surface area contributed by atoms with Crippen LogP contribution in [-0.2, 0) is 13.5 Å². The molecule has 15 heavy (non-hydrogen) atoms. The maximum absolute atomic E-state index is 10.0. The zero-order valence-corrected chi connectivity index (χ0v) is 9.19. The number of aliphatic hydroxyl groups is 1. The number of hydrogen-bond donors (Lipinski definition) is 2. The molecule has 0 bridgehead atoms. The Hall–Kier alpha value is -0.870. The normalized spacial score (nSPS) is 24.0. The zero-order valence-electron chi connectivity index (χ0n) is 9.19. The molecule has 1 saturated heterocycles. The minimum atomic E-state index is -0.257. The average molecular weight is 209 g/mol. The lowest BCUT2D eigenvalue weighted by Crippen LogP contribution is -2.37. The van der Waals surface area contributed by atoms with Gasteiger partial charge in [0.15, 0.2) is 0 Å². The van der Waals surface area contributed by atoms with Gasteiger partial charge in [0.1, 0.15) is 0 Å². The molecule has 1 aromatic rings. The van der Waals surface area contributed by atoms with Gasteiger partial charge in [0.05, 0.1) is 11.8 Å². The van der Waals surface area contributed by atoms with Gasteiger partial charge in [0.25, 0.3) is 0 Å². The van der Waals surface area contributed by atoms with Gasteiger partial charge in [0.2, 0.25) is 0 Å². The molecule has 0 spiro atoms. The quantitative estimate of drug-likeness (QED) is 0.754. The van der Waals surface area contributed by atoms with E-state index < -0.39 is 0 Å². The van der Waals surface area contributed by atoms with Crippen molar-refractivity contribution in [3.8, 4) is 0 Å². The van der Waals surface area contributed by atoms with Gasteiger partial charge in [-0.3, -0.25) is 4.68 Å². The molecule has 2 rings (SSSR count). The molecule has 0 saturated carbocycles. The van der Waals surface area contributed by atoms with E-state index in [0.717, 1.165) is 25.2 Å². The van der Waals surface area contributed by atoms with Crippen LogP contribution in [0.15, 0.2) is 12.3 Å². The topological polar surface area (TPSA) is 50.1 Å². The van der Waals surface area contributed by atoms with E-state index in [1.165, 1.54) is 6.42 Å². The molecule has 2 atom stereocenters. The van der Waals surface area contributed by atoms with Crippen LogP contribution in [0.5, 0.6) is 0 Å². The molecular weight excluding hydrogens is 190 g/mol. The molecule has 1 aliphatic rings. The highest BCUT2D eigenvalue weighted by Gasteiger charge is 2.22. The van der Waals surface area contributed by atoms with E-state index in [-0.39, 0.29) is 6.10 Å². The van der Waals surface area contributed by atoms with Gasteiger partial charge in [-0.15, -0.1) is 0 Å². The van der Waals surface area contributed by atoms with Gasteiger partial charge in [-0.05, 0) is 31.4 Å². The first-order valence-corrected chi connectivity index (χ1v) is 5.63. The fourth-order valence-corrected chi connectivity index (χ4v) is 2.16. The molecule has 1 aliphatic heterocycles. The summed E-state index contributed by atoms with van der Waals surface area (Å²) in [4.78, 5) is 0. The first-order valence-electron chi connectivity index (χ1n) is 5.63. The van der Waals surface area contributed by atoms with Crippen LogP contribution in [0.1, 0.15) is 18.5 Å². The Morgan fingerprint density at radius 3 is 3.20 bits per heavy atom. The number of hydrogen-bond acceptors (Lipinski definition) is 3. The number of aryl methyl sites for hydroxylation is 1. The van der Waals surface area contributed by atoms with Crippen LogP contribution in [0.4, 0.5) is 0 Å². The van der Waals surface area contributed by atoms with Crippen molar-refractivity contribution < 1.29 is 5.11 Å². The van der Waals surface area contributed by atoms with E-state index in [1.807, 2.05) is 19.3 Å². The molecule has 2 heterocycles. The highest BCUT2D eigenvalue weighted by Crippen LogP contribution is 2.17.